The maximum absolute atomic E-state index is 12.0. The van der Waals surface area contributed by atoms with Crippen molar-refractivity contribution in [3.05, 3.63) is 0 Å². The molecule has 0 fully saturated rings. The van der Waals surface area contributed by atoms with Gasteiger partial charge in [0.25, 0.3) is 0 Å². The van der Waals surface area contributed by atoms with E-state index in [0.29, 0.717) is 5.25 Å². The van der Waals surface area contributed by atoms with Gasteiger partial charge >= 0.3 is 5.97 Å². The first-order chi connectivity index (χ1) is 9.00. The second-order valence-electron chi connectivity index (χ2n) is 5.34. The third kappa shape index (κ3) is 7.83. The molecule has 0 radical (unpaired) electrons. The summed E-state index contributed by atoms with van der Waals surface area (Å²) in [6, 6.07) is 0. The third-order valence-corrected chi connectivity index (χ3v) is 4.51. The number of ether oxygens (including phenoxy) is 1. The Morgan fingerprint density at radius 2 is 2.00 bits per heavy atom. The lowest BCUT2D eigenvalue weighted by Gasteiger charge is -2.30. The van der Waals surface area contributed by atoms with Gasteiger partial charge in [-0.05, 0) is 38.5 Å². The van der Waals surface area contributed by atoms with Crippen molar-refractivity contribution in [3.63, 3.8) is 0 Å². The maximum Gasteiger partial charge on any atom is 0.325 e. The number of carbonyl (C=O) groups is 1. The molecule has 19 heavy (non-hydrogen) atoms. The van der Waals surface area contributed by atoms with E-state index in [-0.39, 0.29) is 5.97 Å². The summed E-state index contributed by atoms with van der Waals surface area (Å²) >= 11 is 1.96. The second-order valence-corrected chi connectivity index (χ2v) is 6.89. The molecule has 0 heterocycles. The molecule has 0 aliphatic carbocycles. The smallest absolute Gasteiger partial charge is 0.325 e. The molecule has 0 saturated heterocycles. The number of hydrogen-bond acceptors (Lipinski definition) is 4. The molecule has 0 aromatic rings. The van der Waals surface area contributed by atoms with Crippen molar-refractivity contribution in [2.75, 3.05) is 19.4 Å². The Balaban J connectivity index is 4.26. The topological polar surface area (TPSA) is 38.3 Å². The van der Waals surface area contributed by atoms with Crippen molar-refractivity contribution < 1.29 is 9.53 Å². The number of nitrogens with one attached hydrogen (secondary N) is 1. The molecule has 0 aliphatic rings. The molecule has 0 bridgehead atoms. The molecule has 0 saturated carbocycles. The number of thioether (sulfide) groups is 1. The van der Waals surface area contributed by atoms with E-state index in [1.54, 1.807) is 0 Å². The fourth-order valence-corrected chi connectivity index (χ4v) is 3.35. The van der Waals surface area contributed by atoms with E-state index in [9.17, 15) is 4.79 Å². The predicted molar refractivity (Wildman–Crippen MR) is 84.8 cm³/mol. The average Bonchev–Trinajstić information content (AvgIpc) is 2.40. The van der Waals surface area contributed by atoms with Gasteiger partial charge in [-0.25, -0.2) is 0 Å². The molecule has 4 heteroatoms. The standard InChI is InChI=1S/C15H31NO2S/c1-6-8-9-11-19-13(3)12-15(4,14(17)18-5)16-10-7-2/h13,16H,6-12H2,1-5H3. The van der Waals surface area contributed by atoms with Crippen LogP contribution in [0, 0.1) is 0 Å². The number of methoxy groups -OCH3 is 1. The Labute approximate surface area is 123 Å². The SMILES string of the molecule is CCCCCSC(C)CC(C)(NCCC)C(=O)OC. The fraction of sp³-hybridized carbons (Fsp3) is 0.933. The molecule has 0 aromatic carbocycles. The quantitative estimate of drug-likeness (QED) is 0.466. The predicted octanol–water partition coefficient (Wildman–Crippen LogP) is 3.62. The van der Waals surface area contributed by atoms with Gasteiger partial charge in [0.05, 0.1) is 7.11 Å². The van der Waals surface area contributed by atoms with Crippen LogP contribution in [0.15, 0.2) is 0 Å². The minimum Gasteiger partial charge on any atom is -0.468 e. The average molecular weight is 289 g/mol. The van der Waals surface area contributed by atoms with E-state index >= 15 is 0 Å². The number of carbonyl (C=O) groups excluding carboxylic acids is 1. The van der Waals surface area contributed by atoms with Crippen molar-refractivity contribution in [2.24, 2.45) is 0 Å². The molecule has 0 spiro atoms. The van der Waals surface area contributed by atoms with Crippen LogP contribution < -0.4 is 5.32 Å². The van der Waals surface area contributed by atoms with Crippen LogP contribution in [0.3, 0.4) is 0 Å². The van der Waals surface area contributed by atoms with Gasteiger partial charge in [-0.2, -0.15) is 11.8 Å². The van der Waals surface area contributed by atoms with Crippen molar-refractivity contribution in [3.8, 4) is 0 Å². The van der Waals surface area contributed by atoms with Gasteiger partial charge in [0.1, 0.15) is 5.54 Å². The summed E-state index contributed by atoms with van der Waals surface area (Å²) in [4.78, 5) is 12.0. The molecular formula is C15H31NO2S. The van der Waals surface area contributed by atoms with E-state index in [4.69, 9.17) is 4.74 Å². The lowest BCUT2D eigenvalue weighted by atomic mass is 9.96. The fourth-order valence-electron chi connectivity index (χ4n) is 2.12. The Morgan fingerprint density at radius 1 is 1.32 bits per heavy atom. The molecule has 3 nitrogen and oxygen atoms in total. The van der Waals surface area contributed by atoms with Gasteiger partial charge in [-0.1, -0.05) is 33.6 Å². The van der Waals surface area contributed by atoms with Gasteiger partial charge in [-0.3, -0.25) is 4.79 Å². The van der Waals surface area contributed by atoms with Gasteiger partial charge < -0.3 is 10.1 Å². The summed E-state index contributed by atoms with van der Waals surface area (Å²) in [6.45, 7) is 9.33. The van der Waals surface area contributed by atoms with Crippen LogP contribution in [0.2, 0.25) is 0 Å². The maximum atomic E-state index is 12.0. The Hall–Kier alpha value is -0.220. The zero-order valence-electron chi connectivity index (χ0n) is 13.3. The zero-order chi connectivity index (χ0) is 14.7. The van der Waals surface area contributed by atoms with E-state index in [1.165, 1.54) is 32.1 Å². The van der Waals surface area contributed by atoms with Crippen LogP contribution in [0.4, 0.5) is 0 Å². The van der Waals surface area contributed by atoms with Gasteiger partial charge in [0, 0.05) is 5.25 Å². The van der Waals surface area contributed by atoms with Crippen LogP contribution in [-0.2, 0) is 9.53 Å². The summed E-state index contributed by atoms with van der Waals surface area (Å²) in [6.07, 6.45) is 5.65. The minimum atomic E-state index is -0.554. The van der Waals surface area contributed by atoms with E-state index in [2.05, 4.69) is 26.1 Å². The summed E-state index contributed by atoms with van der Waals surface area (Å²) in [5, 5.41) is 3.80. The van der Waals surface area contributed by atoms with Crippen LogP contribution in [-0.4, -0.2) is 36.2 Å². The largest absolute Gasteiger partial charge is 0.468 e. The lowest BCUT2D eigenvalue weighted by Crippen LogP contribution is -2.51. The van der Waals surface area contributed by atoms with Gasteiger partial charge in [-0.15, -0.1) is 0 Å². The number of hydrogen-bond donors (Lipinski definition) is 1. The van der Waals surface area contributed by atoms with Gasteiger partial charge in [0.2, 0.25) is 0 Å². The lowest BCUT2D eigenvalue weighted by molar-refractivity contribution is -0.148. The van der Waals surface area contributed by atoms with Crippen molar-refractivity contribution in [1.29, 1.82) is 0 Å². The first kappa shape index (κ1) is 18.8. The monoisotopic (exact) mass is 289 g/mol. The van der Waals surface area contributed by atoms with Crippen molar-refractivity contribution >= 4 is 17.7 Å². The molecule has 2 atom stereocenters. The highest BCUT2D eigenvalue weighted by atomic mass is 32.2. The number of esters is 1. The minimum absolute atomic E-state index is 0.151. The molecule has 0 aliphatic heterocycles. The van der Waals surface area contributed by atoms with Crippen molar-refractivity contribution in [1.82, 2.24) is 5.32 Å². The summed E-state index contributed by atoms with van der Waals surface area (Å²) in [5.74, 6) is 1.03. The normalized spacial score (nSPS) is 15.8. The number of unbranched alkanes of at least 4 members (excludes halogenated alkanes) is 2. The first-order valence-corrected chi connectivity index (χ1v) is 8.50. The van der Waals surface area contributed by atoms with Crippen LogP contribution in [0.1, 0.15) is 59.8 Å². The van der Waals surface area contributed by atoms with Gasteiger partial charge in [0.15, 0.2) is 0 Å². The number of rotatable bonds is 11. The van der Waals surface area contributed by atoms with E-state index in [1.807, 2.05) is 18.7 Å². The Morgan fingerprint density at radius 3 is 2.53 bits per heavy atom. The molecular weight excluding hydrogens is 258 g/mol. The second kappa shape index (κ2) is 10.6. The molecule has 2 unspecified atom stereocenters. The van der Waals surface area contributed by atoms with Crippen LogP contribution in [0.5, 0.6) is 0 Å². The summed E-state index contributed by atoms with van der Waals surface area (Å²) in [7, 11) is 1.47. The Bertz CT molecular complexity index is 248. The third-order valence-electron chi connectivity index (χ3n) is 3.25. The zero-order valence-corrected chi connectivity index (χ0v) is 14.1. The highest BCUT2D eigenvalue weighted by Gasteiger charge is 2.35. The molecule has 114 valence electrons. The summed E-state index contributed by atoms with van der Waals surface area (Å²) < 4.78 is 4.95. The highest BCUT2D eigenvalue weighted by molar-refractivity contribution is 7.99. The van der Waals surface area contributed by atoms with E-state index in [0.717, 1.165) is 19.4 Å². The molecule has 0 amide bonds. The van der Waals surface area contributed by atoms with Crippen molar-refractivity contribution in [2.45, 2.75) is 70.6 Å². The Kier molecular flexibility index (Phi) is 10.4. The van der Waals surface area contributed by atoms with E-state index < -0.39 is 5.54 Å². The summed E-state index contributed by atoms with van der Waals surface area (Å²) in [5.41, 5.74) is -0.554. The molecule has 1 N–H and O–H groups in total. The molecule has 0 aromatic heterocycles. The highest BCUT2D eigenvalue weighted by Crippen LogP contribution is 2.24. The van der Waals surface area contributed by atoms with Crippen LogP contribution >= 0.6 is 11.8 Å². The molecule has 0 rings (SSSR count). The first-order valence-electron chi connectivity index (χ1n) is 7.45. The van der Waals surface area contributed by atoms with Crippen LogP contribution in [0.25, 0.3) is 0 Å².